The number of rotatable bonds is 3. The lowest BCUT2D eigenvalue weighted by atomic mass is 9.87. The average molecular weight is 456 g/mol. The molecule has 5 rings (SSSR count). The van der Waals surface area contributed by atoms with Crippen molar-refractivity contribution >= 4 is 23.1 Å². The van der Waals surface area contributed by atoms with E-state index in [9.17, 15) is 14.7 Å². The largest absolute Gasteiger partial charge is 0.507 e. The van der Waals surface area contributed by atoms with E-state index < -0.39 is 17.7 Å². The average Bonchev–Trinajstić information content (AvgIpc) is 3.45. The first-order valence-corrected chi connectivity index (χ1v) is 11.8. The Bertz CT molecular complexity index is 1280. The van der Waals surface area contributed by atoms with Gasteiger partial charge in [0.2, 0.25) is 0 Å². The van der Waals surface area contributed by atoms with E-state index in [0.29, 0.717) is 17.0 Å². The fourth-order valence-electron chi connectivity index (χ4n) is 4.97. The molecule has 1 atom stereocenters. The molecule has 1 saturated heterocycles. The van der Waals surface area contributed by atoms with E-state index in [0.717, 1.165) is 31.2 Å². The van der Waals surface area contributed by atoms with Gasteiger partial charge in [-0.15, -0.1) is 0 Å². The Labute approximate surface area is 199 Å². The summed E-state index contributed by atoms with van der Waals surface area (Å²) in [6, 6.07) is 16.1. The van der Waals surface area contributed by atoms with Gasteiger partial charge >= 0.3 is 0 Å². The van der Waals surface area contributed by atoms with E-state index in [1.165, 1.54) is 22.3 Å². The third-order valence-electron chi connectivity index (χ3n) is 6.89. The topological polar surface area (TPSA) is 70.8 Å². The van der Waals surface area contributed by atoms with Gasteiger partial charge in [-0.2, -0.15) is 0 Å². The van der Waals surface area contributed by atoms with E-state index >= 15 is 0 Å². The quantitative estimate of drug-likeness (QED) is 0.295. The number of aliphatic hydroxyl groups is 1. The second-order valence-corrected chi connectivity index (χ2v) is 10.2. The van der Waals surface area contributed by atoms with E-state index in [4.69, 9.17) is 4.42 Å². The molecule has 0 spiro atoms. The molecular weight excluding hydrogens is 426 g/mol. The van der Waals surface area contributed by atoms with E-state index in [1.807, 2.05) is 42.5 Å². The van der Waals surface area contributed by atoms with Crippen LogP contribution in [0.4, 0.5) is 5.69 Å². The predicted octanol–water partition coefficient (Wildman–Crippen LogP) is 6.08. The fraction of sp³-hybridized carbons (Fsp3) is 0.310. The molecule has 34 heavy (non-hydrogen) atoms. The lowest BCUT2D eigenvalue weighted by molar-refractivity contribution is -0.132. The molecule has 0 radical (unpaired) electrons. The molecule has 2 heterocycles. The number of Topliss-reactive ketones (excluding diaryl/α,β-unsaturated/α-hetero) is 1. The Kier molecular flexibility index (Phi) is 5.43. The smallest absolute Gasteiger partial charge is 0.300 e. The summed E-state index contributed by atoms with van der Waals surface area (Å²) in [7, 11) is 0. The minimum absolute atomic E-state index is 0.0421. The van der Waals surface area contributed by atoms with E-state index in [-0.39, 0.29) is 16.7 Å². The fourth-order valence-corrected chi connectivity index (χ4v) is 4.97. The summed E-state index contributed by atoms with van der Waals surface area (Å²) in [6.45, 7) is 6.36. The summed E-state index contributed by atoms with van der Waals surface area (Å²) in [6.07, 6.45) is 5.76. The minimum atomic E-state index is -0.841. The molecular formula is C29H29NO4. The number of hydrogen-bond acceptors (Lipinski definition) is 4. The lowest BCUT2D eigenvalue weighted by Crippen LogP contribution is -2.29. The van der Waals surface area contributed by atoms with Crippen LogP contribution in [0.25, 0.3) is 5.76 Å². The molecule has 0 saturated carbocycles. The highest BCUT2D eigenvalue weighted by Gasteiger charge is 2.48. The summed E-state index contributed by atoms with van der Waals surface area (Å²) >= 11 is 0. The molecule has 1 unspecified atom stereocenters. The first-order valence-electron chi connectivity index (χ1n) is 11.8. The monoisotopic (exact) mass is 455 g/mol. The highest BCUT2D eigenvalue weighted by Crippen LogP contribution is 2.43. The van der Waals surface area contributed by atoms with Crippen molar-refractivity contribution in [3.63, 3.8) is 0 Å². The highest BCUT2D eigenvalue weighted by atomic mass is 16.3. The predicted molar refractivity (Wildman–Crippen MR) is 132 cm³/mol. The molecule has 1 N–H and O–H groups in total. The molecule has 174 valence electrons. The number of fused-ring (bicyclic) bond motifs is 1. The number of hydrogen-bond donors (Lipinski definition) is 1. The SMILES string of the molecule is CC(C)(C)c1ccc(N2C(=O)C(=O)/C(=C(\O)c3ccc4c(c3)CCCC4)C2c2ccco2)cc1. The molecule has 1 aromatic heterocycles. The Hall–Kier alpha value is -3.60. The van der Waals surface area contributed by atoms with Crippen molar-refractivity contribution in [1.82, 2.24) is 0 Å². The maximum Gasteiger partial charge on any atom is 0.300 e. The number of aryl methyl sites for hydroxylation is 2. The number of ketones is 1. The molecule has 0 bridgehead atoms. The first-order chi connectivity index (χ1) is 16.3. The molecule has 5 heteroatoms. The van der Waals surface area contributed by atoms with Crippen LogP contribution >= 0.6 is 0 Å². The standard InChI is InChI=1S/C29H29NO4/c1-29(2,3)21-12-14-22(15-13-21)30-25(23-9-6-16-34-23)24(27(32)28(30)33)26(31)20-11-10-18-7-4-5-8-19(18)17-20/h6,9-17,25,31H,4-5,7-8H2,1-3H3/b26-24-. The zero-order valence-electron chi connectivity index (χ0n) is 19.8. The second-order valence-electron chi connectivity index (χ2n) is 10.2. The van der Waals surface area contributed by atoms with E-state index in [2.05, 4.69) is 20.8 Å². The number of furan rings is 1. The van der Waals surface area contributed by atoms with Gasteiger partial charge in [0.05, 0.1) is 11.8 Å². The summed E-state index contributed by atoms with van der Waals surface area (Å²) in [5, 5.41) is 11.3. The first kappa shape index (κ1) is 22.2. The molecule has 1 amide bonds. The molecule has 1 aliphatic carbocycles. The van der Waals surface area contributed by atoms with Crippen LogP contribution in [0.3, 0.4) is 0 Å². The Morgan fingerprint density at radius 1 is 0.971 bits per heavy atom. The lowest BCUT2D eigenvalue weighted by Gasteiger charge is -2.25. The van der Waals surface area contributed by atoms with Gasteiger partial charge in [-0.05, 0) is 78.1 Å². The number of amides is 1. The summed E-state index contributed by atoms with van der Waals surface area (Å²) < 4.78 is 5.66. The maximum atomic E-state index is 13.3. The van der Waals surface area contributed by atoms with Crippen molar-refractivity contribution in [3.8, 4) is 0 Å². The third kappa shape index (κ3) is 3.75. The zero-order chi connectivity index (χ0) is 24.0. The van der Waals surface area contributed by atoms with Gasteiger partial charge in [0, 0.05) is 11.3 Å². The summed E-state index contributed by atoms with van der Waals surface area (Å²) in [4.78, 5) is 28.0. The number of carbonyl (C=O) groups excluding carboxylic acids is 2. The van der Waals surface area contributed by atoms with Crippen molar-refractivity contribution in [2.75, 3.05) is 4.90 Å². The number of carbonyl (C=O) groups is 2. The highest BCUT2D eigenvalue weighted by molar-refractivity contribution is 6.51. The van der Waals surface area contributed by atoms with Crippen molar-refractivity contribution in [3.05, 3.63) is 94.4 Å². The number of aliphatic hydroxyl groups excluding tert-OH is 1. The van der Waals surface area contributed by atoms with Crippen LogP contribution in [0, 0.1) is 0 Å². The van der Waals surface area contributed by atoms with Crippen LogP contribution in [0.5, 0.6) is 0 Å². The number of nitrogens with zero attached hydrogens (tertiary/aromatic N) is 1. The van der Waals surface area contributed by atoms with Crippen LogP contribution in [0.2, 0.25) is 0 Å². The molecule has 1 fully saturated rings. The van der Waals surface area contributed by atoms with Gasteiger partial charge < -0.3 is 9.52 Å². The normalized spacial score (nSPS) is 20.0. The summed E-state index contributed by atoms with van der Waals surface area (Å²) in [5.41, 5.74) is 4.74. The van der Waals surface area contributed by atoms with Gasteiger partial charge in [-0.1, -0.05) is 45.0 Å². The van der Waals surface area contributed by atoms with Gasteiger partial charge in [-0.25, -0.2) is 0 Å². The summed E-state index contributed by atoms with van der Waals surface area (Å²) in [5.74, 6) is -1.12. The van der Waals surface area contributed by atoms with Crippen LogP contribution in [-0.2, 0) is 27.8 Å². The minimum Gasteiger partial charge on any atom is -0.507 e. The van der Waals surface area contributed by atoms with Gasteiger partial charge in [0.25, 0.3) is 11.7 Å². The van der Waals surface area contributed by atoms with Crippen LogP contribution in [0.15, 0.2) is 70.9 Å². The molecule has 1 aliphatic heterocycles. The van der Waals surface area contributed by atoms with Gasteiger partial charge in [0.1, 0.15) is 17.6 Å². The van der Waals surface area contributed by atoms with Crippen molar-refractivity contribution in [2.45, 2.75) is 57.9 Å². The van der Waals surface area contributed by atoms with E-state index in [1.54, 1.807) is 12.1 Å². The molecule has 3 aromatic rings. The Morgan fingerprint density at radius 3 is 2.32 bits per heavy atom. The second kappa shape index (κ2) is 8.32. The molecule has 2 aliphatic rings. The molecule has 2 aromatic carbocycles. The Balaban J connectivity index is 1.63. The number of benzene rings is 2. The van der Waals surface area contributed by atoms with Crippen LogP contribution in [-0.4, -0.2) is 16.8 Å². The van der Waals surface area contributed by atoms with Gasteiger partial charge in [0.15, 0.2) is 0 Å². The van der Waals surface area contributed by atoms with Gasteiger partial charge in [-0.3, -0.25) is 14.5 Å². The Morgan fingerprint density at radius 2 is 1.68 bits per heavy atom. The van der Waals surface area contributed by atoms with Crippen LogP contribution < -0.4 is 4.90 Å². The van der Waals surface area contributed by atoms with Crippen LogP contribution in [0.1, 0.15) is 67.7 Å². The molecule has 5 nitrogen and oxygen atoms in total. The van der Waals surface area contributed by atoms with Crippen molar-refractivity contribution in [2.24, 2.45) is 0 Å². The zero-order valence-corrected chi connectivity index (χ0v) is 19.8. The maximum absolute atomic E-state index is 13.3. The van der Waals surface area contributed by atoms with Crippen molar-refractivity contribution in [1.29, 1.82) is 0 Å². The van der Waals surface area contributed by atoms with Crippen molar-refractivity contribution < 1.29 is 19.1 Å². The number of anilines is 1. The third-order valence-corrected chi connectivity index (χ3v) is 6.89.